The Morgan fingerprint density at radius 1 is 1.08 bits per heavy atom. The van der Waals surface area contributed by atoms with Crippen LogP contribution < -0.4 is 0 Å². The van der Waals surface area contributed by atoms with Crippen LogP contribution in [0.1, 0.15) is 23.3 Å². The molecule has 1 unspecified atom stereocenters. The van der Waals surface area contributed by atoms with E-state index in [9.17, 15) is 8.42 Å². The zero-order chi connectivity index (χ0) is 17.2. The van der Waals surface area contributed by atoms with Crippen LogP contribution in [0.15, 0.2) is 67.0 Å². The lowest BCUT2D eigenvalue weighted by Crippen LogP contribution is -2.13. The third-order valence-electron chi connectivity index (χ3n) is 3.95. The Morgan fingerprint density at radius 2 is 1.75 bits per heavy atom. The van der Waals surface area contributed by atoms with Crippen LogP contribution in [0.2, 0.25) is 5.02 Å². The number of nitrogens with zero attached hydrogens (tertiary/aromatic N) is 2. The van der Waals surface area contributed by atoms with E-state index in [1.807, 2.05) is 36.5 Å². The summed E-state index contributed by atoms with van der Waals surface area (Å²) in [7, 11) is -3.31. The monoisotopic (exact) mass is 360 g/mol. The molecule has 1 atom stereocenters. The zero-order valence-corrected chi connectivity index (χ0v) is 14.7. The van der Waals surface area contributed by atoms with Gasteiger partial charge in [0.1, 0.15) is 0 Å². The highest BCUT2D eigenvalue weighted by molar-refractivity contribution is 7.90. The van der Waals surface area contributed by atoms with Crippen molar-refractivity contribution in [2.24, 2.45) is 0 Å². The second kappa shape index (κ2) is 6.79. The first-order valence-corrected chi connectivity index (χ1v) is 9.61. The Hall–Kier alpha value is -2.11. The molecule has 2 aromatic carbocycles. The van der Waals surface area contributed by atoms with Crippen molar-refractivity contribution in [3.05, 3.63) is 83.1 Å². The van der Waals surface area contributed by atoms with E-state index in [1.54, 1.807) is 42.1 Å². The molecule has 1 heterocycles. The first-order valence-electron chi connectivity index (χ1n) is 7.52. The molecule has 4 nitrogen and oxygen atoms in total. The summed E-state index contributed by atoms with van der Waals surface area (Å²) in [6.45, 7) is 1.71. The van der Waals surface area contributed by atoms with Crippen molar-refractivity contribution in [2.45, 2.75) is 17.9 Å². The minimum absolute atomic E-state index is 0.00379. The van der Waals surface area contributed by atoms with Gasteiger partial charge in [-0.25, -0.2) is 13.1 Å². The first kappa shape index (κ1) is 16.7. The molecule has 0 spiro atoms. The van der Waals surface area contributed by atoms with E-state index in [-0.39, 0.29) is 5.75 Å². The first-order chi connectivity index (χ1) is 11.5. The largest absolute Gasteiger partial charge is 0.241 e. The molecule has 0 amide bonds. The number of aromatic nitrogens is 2. The molecule has 3 rings (SSSR count). The van der Waals surface area contributed by atoms with Crippen molar-refractivity contribution in [1.29, 1.82) is 0 Å². The van der Waals surface area contributed by atoms with Gasteiger partial charge >= 0.3 is 0 Å². The number of sulfone groups is 1. The predicted octanol–water partition coefficient (Wildman–Crippen LogP) is 4.20. The molecule has 0 saturated carbocycles. The maximum Gasteiger partial charge on any atom is 0.161 e. The van der Waals surface area contributed by atoms with Gasteiger partial charge in [0, 0.05) is 17.4 Å². The van der Waals surface area contributed by atoms with Crippen LogP contribution in [-0.2, 0) is 15.6 Å². The number of hydrogen-bond donors (Lipinski definition) is 0. The van der Waals surface area contributed by atoms with Crippen LogP contribution in [0.4, 0.5) is 0 Å². The fourth-order valence-corrected chi connectivity index (χ4v) is 4.07. The molecule has 0 saturated heterocycles. The Balaban J connectivity index is 1.77. The van der Waals surface area contributed by atoms with Crippen molar-refractivity contribution in [3.63, 3.8) is 0 Å². The second-order valence-electron chi connectivity index (χ2n) is 5.62. The number of hydrogen-bond acceptors (Lipinski definition) is 3. The van der Waals surface area contributed by atoms with E-state index in [2.05, 4.69) is 5.10 Å². The van der Waals surface area contributed by atoms with Crippen molar-refractivity contribution in [3.8, 4) is 5.69 Å². The zero-order valence-electron chi connectivity index (χ0n) is 13.1. The van der Waals surface area contributed by atoms with Gasteiger partial charge in [-0.15, -0.1) is 0 Å². The predicted molar refractivity (Wildman–Crippen MR) is 96.1 cm³/mol. The van der Waals surface area contributed by atoms with Gasteiger partial charge in [0.2, 0.25) is 0 Å². The van der Waals surface area contributed by atoms with E-state index in [4.69, 9.17) is 11.6 Å². The van der Waals surface area contributed by atoms with Gasteiger partial charge in [0.25, 0.3) is 0 Å². The molecule has 0 aliphatic heterocycles. The smallest absolute Gasteiger partial charge is 0.161 e. The Labute approximate surface area is 146 Å². The molecule has 6 heteroatoms. The summed E-state index contributed by atoms with van der Waals surface area (Å²) in [4.78, 5) is 0. The number of rotatable bonds is 5. The van der Waals surface area contributed by atoms with Crippen molar-refractivity contribution < 1.29 is 8.42 Å². The third-order valence-corrected chi connectivity index (χ3v) is 6.29. The average Bonchev–Trinajstić information content (AvgIpc) is 3.10. The van der Waals surface area contributed by atoms with Gasteiger partial charge < -0.3 is 0 Å². The van der Waals surface area contributed by atoms with E-state index in [0.717, 1.165) is 16.8 Å². The standard InChI is InChI=1S/C18H17ClN2O2S/c1-14(16-5-7-17(19)8-6-16)24(22,23)13-15-3-9-18(10-4-15)21-12-2-11-20-21/h2-12,14H,13H2,1H3. The Morgan fingerprint density at radius 3 is 2.33 bits per heavy atom. The van der Waals surface area contributed by atoms with Crippen LogP contribution in [0, 0.1) is 0 Å². The average molecular weight is 361 g/mol. The van der Waals surface area contributed by atoms with Crippen molar-refractivity contribution in [1.82, 2.24) is 9.78 Å². The quantitative estimate of drug-likeness (QED) is 0.685. The Bertz CT molecular complexity index is 903. The molecule has 1 aromatic heterocycles. The van der Waals surface area contributed by atoms with E-state index >= 15 is 0 Å². The third kappa shape index (κ3) is 3.68. The molecular formula is C18H17ClN2O2S. The lowest BCUT2D eigenvalue weighted by molar-refractivity contribution is 0.585. The van der Waals surface area contributed by atoms with Crippen LogP contribution in [0.3, 0.4) is 0 Å². The van der Waals surface area contributed by atoms with Gasteiger partial charge in [-0.2, -0.15) is 5.10 Å². The van der Waals surface area contributed by atoms with Crippen molar-refractivity contribution >= 4 is 21.4 Å². The summed E-state index contributed by atoms with van der Waals surface area (Å²) < 4.78 is 27.0. The highest BCUT2D eigenvalue weighted by Gasteiger charge is 2.23. The minimum Gasteiger partial charge on any atom is -0.241 e. The molecule has 24 heavy (non-hydrogen) atoms. The molecule has 0 fully saturated rings. The maximum absolute atomic E-state index is 12.6. The molecule has 124 valence electrons. The van der Waals surface area contributed by atoms with Crippen molar-refractivity contribution in [2.75, 3.05) is 0 Å². The summed E-state index contributed by atoms with van der Waals surface area (Å²) in [5, 5.41) is 4.17. The van der Waals surface area contributed by atoms with E-state index in [1.165, 1.54) is 0 Å². The van der Waals surface area contributed by atoms with Gasteiger partial charge in [-0.1, -0.05) is 35.9 Å². The van der Waals surface area contributed by atoms with Gasteiger partial charge in [0.15, 0.2) is 9.84 Å². The maximum atomic E-state index is 12.6. The topological polar surface area (TPSA) is 52.0 Å². The highest BCUT2D eigenvalue weighted by Crippen LogP contribution is 2.26. The Kier molecular flexibility index (Phi) is 4.73. The molecular weight excluding hydrogens is 344 g/mol. The summed E-state index contributed by atoms with van der Waals surface area (Å²) >= 11 is 5.86. The molecule has 0 bridgehead atoms. The van der Waals surface area contributed by atoms with E-state index < -0.39 is 15.1 Å². The van der Waals surface area contributed by atoms with Gasteiger partial charge in [0.05, 0.1) is 16.7 Å². The minimum atomic E-state index is -3.31. The molecule has 0 radical (unpaired) electrons. The van der Waals surface area contributed by atoms with Crippen LogP contribution in [-0.4, -0.2) is 18.2 Å². The SMILES string of the molecule is CC(c1ccc(Cl)cc1)S(=O)(=O)Cc1ccc(-n2cccn2)cc1. The molecule has 3 aromatic rings. The number of benzene rings is 2. The van der Waals surface area contributed by atoms with Gasteiger partial charge in [-0.05, 0) is 48.4 Å². The fraction of sp³-hybridized carbons (Fsp3) is 0.167. The summed E-state index contributed by atoms with van der Waals surface area (Å²) in [6, 6.07) is 16.1. The molecule has 0 aliphatic carbocycles. The van der Waals surface area contributed by atoms with Gasteiger partial charge in [-0.3, -0.25) is 0 Å². The van der Waals surface area contributed by atoms with Crippen LogP contribution in [0.5, 0.6) is 0 Å². The summed E-state index contributed by atoms with van der Waals surface area (Å²) in [5.74, 6) is -0.00379. The van der Waals surface area contributed by atoms with Crippen LogP contribution >= 0.6 is 11.6 Å². The summed E-state index contributed by atoms with van der Waals surface area (Å²) in [5.41, 5.74) is 2.39. The lowest BCUT2D eigenvalue weighted by atomic mass is 10.2. The second-order valence-corrected chi connectivity index (χ2v) is 8.38. The van der Waals surface area contributed by atoms with Crippen LogP contribution in [0.25, 0.3) is 5.69 Å². The summed E-state index contributed by atoms with van der Waals surface area (Å²) in [6.07, 6.45) is 3.54. The molecule has 0 N–H and O–H groups in total. The van der Waals surface area contributed by atoms with E-state index in [0.29, 0.717) is 5.02 Å². The normalized spacial score (nSPS) is 12.9. The fourth-order valence-electron chi connectivity index (χ4n) is 2.46. The number of halogens is 1. The molecule has 0 aliphatic rings. The lowest BCUT2D eigenvalue weighted by Gasteiger charge is -2.14. The highest BCUT2D eigenvalue weighted by atomic mass is 35.5.